The molecule has 0 aliphatic heterocycles. The zero-order chi connectivity index (χ0) is 14.4. The van der Waals surface area contributed by atoms with Gasteiger partial charge in [-0.3, -0.25) is 0 Å². The Balaban J connectivity index is 2.23. The number of carboxylic acids is 1. The van der Waals surface area contributed by atoms with E-state index in [9.17, 15) is 9.90 Å². The molecule has 0 heterocycles. The van der Waals surface area contributed by atoms with Crippen molar-refractivity contribution in [3.63, 3.8) is 0 Å². The van der Waals surface area contributed by atoms with Gasteiger partial charge in [0.15, 0.2) is 0 Å². The highest BCUT2D eigenvalue weighted by molar-refractivity contribution is 7.99. The second kappa shape index (κ2) is 7.20. The smallest absolute Gasteiger partial charge is 0.339 e. The number of thioether (sulfide) groups is 1. The van der Waals surface area contributed by atoms with Crippen molar-refractivity contribution in [1.29, 1.82) is 0 Å². The van der Waals surface area contributed by atoms with Crippen LogP contribution in [0, 0.1) is 0 Å². The predicted molar refractivity (Wildman–Crippen MR) is 84.0 cm³/mol. The van der Waals surface area contributed by atoms with Crippen LogP contribution in [0.15, 0.2) is 36.4 Å². The average Bonchev–Trinajstić information content (AvgIpc) is 2.46. The van der Waals surface area contributed by atoms with Crippen LogP contribution < -0.4 is 4.74 Å². The molecule has 0 amide bonds. The maximum absolute atomic E-state index is 11.3. The fraction of sp³-hybridized carbons (Fsp3) is 0.312. The molecule has 0 bridgehead atoms. The van der Waals surface area contributed by atoms with Crippen LogP contribution in [0.5, 0.6) is 5.75 Å². The molecular formula is C16H18O3S. The monoisotopic (exact) mass is 290 g/mol. The molecule has 1 N–H and O–H groups in total. The van der Waals surface area contributed by atoms with Gasteiger partial charge in [0.05, 0.1) is 6.61 Å². The second-order valence-electron chi connectivity index (χ2n) is 4.37. The minimum absolute atomic E-state index is 0.229. The fourth-order valence-corrected chi connectivity index (χ4v) is 2.66. The first-order valence-corrected chi connectivity index (χ1v) is 7.85. The topological polar surface area (TPSA) is 46.5 Å². The molecule has 0 spiro atoms. The Hall–Kier alpha value is -1.68. The molecule has 0 fully saturated rings. The van der Waals surface area contributed by atoms with E-state index in [1.54, 1.807) is 6.07 Å². The van der Waals surface area contributed by atoms with Crippen LogP contribution in [0.4, 0.5) is 0 Å². The predicted octanol–water partition coefficient (Wildman–Crippen LogP) is 4.06. The van der Waals surface area contributed by atoms with Crippen LogP contribution in [-0.2, 0) is 0 Å². The normalized spacial score (nSPS) is 10.7. The van der Waals surface area contributed by atoms with Crippen LogP contribution in [0.2, 0.25) is 0 Å². The van der Waals surface area contributed by atoms with Gasteiger partial charge in [-0.25, -0.2) is 4.79 Å². The summed E-state index contributed by atoms with van der Waals surface area (Å²) in [5, 5.41) is 11.1. The first-order valence-electron chi connectivity index (χ1n) is 6.69. The van der Waals surface area contributed by atoms with Gasteiger partial charge in [-0.1, -0.05) is 37.3 Å². The van der Waals surface area contributed by atoms with E-state index in [0.29, 0.717) is 12.4 Å². The maximum atomic E-state index is 11.3. The van der Waals surface area contributed by atoms with Crippen molar-refractivity contribution in [3.8, 4) is 5.75 Å². The van der Waals surface area contributed by atoms with E-state index in [2.05, 4.69) is 6.92 Å². The van der Waals surface area contributed by atoms with Crippen LogP contribution in [-0.4, -0.2) is 29.2 Å². The first-order chi connectivity index (χ1) is 9.74. The van der Waals surface area contributed by atoms with E-state index in [-0.39, 0.29) is 5.56 Å². The number of fused-ring (bicyclic) bond motifs is 1. The maximum Gasteiger partial charge on any atom is 0.339 e. The highest BCUT2D eigenvalue weighted by Crippen LogP contribution is 2.30. The van der Waals surface area contributed by atoms with Gasteiger partial charge in [0.25, 0.3) is 0 Å². The van der Waals surface area contributed by atoms with Crippen LogP contribution in [0.25, 0.3) is 10.8 Å². The lowest BCUT2D eigenvalue weighted by Gasteiger charge is -2.12. The molecule has 0 saturated heterocycles. The van der Waals surface area contributed by atoms with Crippen molar-refractivity contribution in [2.24, 2.45) is 0 Å². The third-order valence-corrected chi connectivity index (χ3v) is 3.98. The van der Waals surface area contributed by atoms with Crippen molar-refractivity contribution in [2.45, 2.75) is 13.3 Å². The molecule has 3 nitrogen and oxygen atoms in total. The van der Waals surface area contributed by atoms with Gasteiger partial charge in [0.2, 0.25) is 0 Å². The van der Waals surface area contributed by atoms with Gasteiger partial charge in [-0.15, -0.1) is 0 Å². The molecule has 0 unspecified atom stereocenters. The Kier molecular flexibility index (Phi) is 5.30. The van der Waals surface area contributed by atoms with Crippen LogP contribution in [0.1, 0.15) is 23.7 Å². The number of carboxylic acid groups (broad SMARTS) is 1. The van der Waals surface area contributed by atoms with E-state index < -0.39 is 5.97 Å². The molecule has 0 atom stereocenters. The summed E-state index contributed by atoms with van der Waals surface area (Å²) in [5.41, 5.74) is 0.229. The molecule has 0 aliphatic carbocycles. The van der Waals surface area contributed by atoms with Crippen LogP contribution in [0.3, 0.4) is 0 Å². The summed E-state index contributed by atoms with van der Waals surface area (Å²) in [6.45, 7) is 2.67. The highest BCUT2D eigenvalue weighted by atomic mass is 32.2. The van der Waals surface area contributed by atoms with Gasteiger partial charge in [-0.2, -0.15) is 11.8 Å². The SMILES string of the molecule is CCSCCCOc1c(C(=O)O)ccc2ccccc12. The van der Waals surface area contributed by atoms with Crippen LogP contribution >= 0.6 is 11.8 Å². The Labute approximate surface area is 122 Å². The lowest BCUT2D eigenvalue weighted by Crippen LogP contribution is -2.06. The summed E-state index contributed by atoms with van der Waals surface area (Å²) in [6, 6.07) is 11.1. The van der Waals surface area contributed by atoms with Crippen molar-refractivity contribution in [2.75, 3.05) is 18.1 Å². The van der Waals surface area contributed by atoms with Gasteiger partial charge in [-0.05, 0) is 29.4 Å². The van der Waals surface area contributed by atoms with Gasteiger partial charge >= 0.3 is 5.97 Å². The Morgan fingerprint density at radius 3 is 2.80 bits per heavy atom. The third-order valence-electron chi connectivity index (χ3n) is 2.99. The average molecular weight is 290 g/mol. The molecule has 0 saturated carbocycles. The molecule has 106 valence electrons. The summed E-state index contributed by atoms with van der Waals surface area (Å²) < 4.78 is 5.76. The molecule has 4 heteroatoms. The van der Waals surface area contributed by atoms with Crippen molar-refractivity contribution >= 4 is 28.5 Å². The summed E-state index contributed by atoms with van der Waals surface area (Å²) in [7, 11) is 0. The van der Waals surface area contributed by atoms with Crippen molar-refractivity contribution in [3.05, 3.63) is 42.0 Å². The van der Waals surface area contributed by atoms with E-state index in [1.807, 2.05) is 42.1 Å². The minimum atomic E-state index is -0.950. The highest BCUT2D eigenvalue weighted by Gasteiger charge is 2.14. The molecular weight excluding hydrogens is 272 g/mol. The van der Waals surface area contributed by atoms with E-state index in [1.165, 1.54) is 0 Å². The second-order valence-corrected chi connectivity index (χ2v) is 5.76. The van der Waals surface area contributed by atoms with Gasteiger partial charge < -0.3 is 9.84 Å². The fourth-order valence-electron chi connectivity index (χ4n) is 2.05. The Morgan fingerprint density at radius 1 is 1.25 bits per heavy atom. The van der Waals surface area contributed by atoms with E-state index in [0.717, 1.165) is 28.7 Å². The molecule has 20 heavy (non-hydrogen) atoms. The molecule has 2 aromatic rings. The molecule has 2 rings (SSSR count). The number of aromatic carboxylic acids is 1. The Morgan fingerprint density at radius 2 is 2.05 bits per heavy atom. The Bertz CT molecular complexity index is 595. The molecule has 0 radical (unpaired) electrons. The largest absolute Gasteiger partial charge is 0.492 e. The third kappa shape index (κ3) is 3.45. The summed E-state index contributed by atoms with van der Waals surface area (Å²) >= 11 is 1.86. The zero-order valence-corrected chi connectivity index (χ0v) is 12.3. The summed E-state index contributed by atoms with van der Waals surface area (Å²) in [6.07, 6.45) is 0.917. The van der Waals surface area contributed by atoms with Crippen molar-refractivity contribution in [1.82, 2.24) is 0 Å². The lowest BCUT2D eigenvalue weighted by atomic mass is 10.1. The van der Waals surface area contributed by atoms with E-state index >= 15 is 0 Å². The lowest BCUT2D eigenvalue weighted by molar-refractivity contribution is 0.0692. The quantitative estimate of drug-likeness (QED) is 0.781. The first kappa shape index (κ1) is 14.7. The number of hydrogen-bond acceptors (Lipinski definition) is 3. The minimum Gasteiger partial charge on any atom is -0.492 e. The number of carbonyl (C=O) groups is 1. The number of rotatable bonds is 7. The van der Waals surface area contributed by atoms with Crippen molar-refractivity contribution < 1.29 is 14.6 Å². The van der Waals surface area contributed by atoms with Gasteiger partial charge in [0.1, 0.15) is 11.3 Å². The molecule has 2 aromatic carbocycles. The number of benzene rings is 2. The standard InChI is InChI=1S/C16H18O3S/c1-2-20-11-5-10-19-15-13-7-4-3-6-12(13)8-9-14(15)16(17)18/h3-4,6-9H,2,5,10-11H2,1H3,(H,17,18). The zero-order valence-electron chi connectivity index (χ0n) is 11.5. The van der Waals surface area contributed by atoms with Gasteiger partial charge in [0, 0.05) is 5.39 Å². The number of ether oxygens (including phenoxy) is 1. The summed E-state index contributed by atoms with van der Waals surface area (Å²) in [5.74, 6) is 1.66. The molecule has 0 aliphatic rings. The number of hydrogen-bond donors (Lipinski definition) is 1. The molecule has 0 aromatic heterocycles. The summed E-state index contributed by atoms with van der Waals surface area (Å²) in [4.78, 5) is 11.3. The van der Waals surface area contributed by atoms with E-state index in [4.69, 9.17) is 4.74 Å².